The lowest BCUT2D eigenvalue weighted by Gasteiger charge is -2.25. The molecule has 0 radical (unpaired) electrons. The van der Waals surface area contributed by atoms with E-state index in [1.807, 2.05) is 24.3 Å². The molecule has 0 amide bonds. The molecular weight excluding hydrogens is 382 g/mol. The van der Waals surface area contributed by atoms with Crippen LogP contribution in [0.4, 0.5) is 11.4 Å². The van der Waals surface area contributed by atoms with Gasteiger partial charge in [-0.1, -0.05) is 40.2 Å². The Morgan fingerprint density at radius 1 is 1.25 bits per heavy atom. The van der Waals surface area contributed by atoms with Crippen LogP contribution in [0.5, 0.6) is 0 Å². The Hall–Kier alpha value is -1.59. The van der Waals surface area contributed by atoms with E-state index >= 15 is 0 Å². The van der Waals surface area contributed by atoms with Gasteiger partial charge in [-0.25, -0.2) is 0 Å². The lowest BCUT2D eigenvalue weighted by atomic mass is 10.1. The van der Waals surface area contributed by atoms with Crippen LogP contribution in [0.25, 0.3) is 0 Å². The monoisotopic (exact) mass is 403 g/mol. The third-order valence-corrected chi connectivity index (χ3v) is 5.03. The number of fused-ring (bicyclic) bond motifs is 1. The van der Waals surface area contributed by atoms with Crippen molar-refractivity contribution >= 4 is 44.6 Å². The summed E-state index contributed by atoms with van der Waals surface area (Å²) in [7, 11) is 0. The summed E-state index contributed by atoms with van der Waals surface area (Å²) in [4.78, 5) is 2.50. The number of rotatable bonds is 5. The largest absolute Gasteiger partial charge is 0.368 e. The molecule has 1 heterocycles. The molecule has 3 rings (SSSR count). The van der Waals surface area contributed by atoms with E-state index in [2.05, 4.69) is 62.7 Å². The van der Waals surface area contributed by atoms with Gasteiger partial charge in [0.25, 0.3) is 0 Å². The molecule has 2 N–H and O–H groups in total. The number of hydrogen-bond donors (Lipinski definition) is 2. The Balaban J connectivity index is 1.43. The molecule has 0 fully saturated rings. The predicted molar refractivity (Wildman–Crippen MR) is 110 cm³/mol. The summed E-state index contributed by atoms with van der Waals surface area (Å²) >= 11 is 8.83. The Morgan fingerprint density at radius 2 is 2.08 bits per heavy atom. The Bertz CT molecular complexity index is 719. The molecule has 1 aliphatic rings. The molecule has 0 aromatic heterocycles. The zero-order valence-corrected chi connectivity index (χ0v) is 16.2. The first-order valence-electron chi connectivity index (χ1n) is 8.28. The van der Waals surface area contributed by atoms with E-state index in [0.717, 1.165) is 36.1 Å². The van der Waals surface area contributed by atoms with Gasteiger partial charge in [-0.15, -0.1) is 0 Å². The Morgan fingerprint density at radius 3 is 2.92 bits per heavy atom. The highest BCUT2D eigenvalue weighted by atomic mass is 79.9. The average molecular weight is 404 g/mol. The van der Waals surface area contributed by atoms with E-state index in [1.54, 1.807) is 0 Å². The first-order valence-corrected chi connectivity index (χ1v) is 9.48. The maximum Gasteiger partial charge on any atom is 0.170 e. The van der Waals surface area contributed by atoms with Crippen LogP contribution in [-0.4, -0.2) is 24.2 Å². The number of hydrogen-bond acceptors (Lipinski definition) is 2. The third-order valence-electron chi connectivity index (χ3n) is 4.29. The van der Waals surface area contributed by atoms with Gasteiger partial charge in [-0.2, -0.15) is 0 Å². The summed E-state index contributed by atoms with van der Waals surface area (Å²) in [5, 5.41) is 7.17. The quantitative estimate of drug-likeness (QED) is 0.564. The van der Waals surface area contributed by atoms with Crippen molar-refractivity contribution in [2.45, 2.75) is 25.8 Å². The minimum atomic E-state index is 0.578. The number of benzene rings is 2. The van der Waals surface area contributed by atoms with Crippen LogP contribution in [0.15, 0.2) is 53.0 Å². The van der Waals surface area contributed by atoms with Gasteiger partial charge in [0.05, 0.1) is 0 Å². The van der Waals surface area contributed by atoms with Gasteiger partial charge in [0.15, 0.2) is 5.11 Å². The fourth-order valence-corrected chi connectivity index (χ4v) is 3.78. The van der Waals surface area contributed by atoms with Gasteiger partial charge in [0.1, 0.15) is 0 Å². The lowest BCUT2D eigenvalue weighted by Crippen LogP contribution is -2.34. The molecule has 0 bridgehead atoms. The van der Waals surface area contributed by atoms with Crippen LogP contribution < -0.4 is 15.5 Å². The van der Waals surface area contributed by atoms with Crippen molar-refractivity contribution in [3.63, 3.8) is 0 Å². The van der Waals surface area contributed by atoms with E-state index < -0.39 is 0 Å². The number of anilines is 2. The van der Waals surface area contributed by atoms with Crippen LogP contribution in [0.3, 0.4) is 0 Å². The van der Waals surface area contributed by atoms with Crippen molar-refractivity contribution in [1.29, 1.82) is 0 Å². The normalized spacial score (nSPS) is 15.9. The standard InChI is InChI=1S/C19H22BrN3S/c1-14-12-15-6-2-3-9-18(15)23(14)11-5-10-21-19(24)22-17-8-4-7-16(20)13-17/h2-4,6-9,13-14H,5,10-12H2,1H3,(H2,21,22,24)/t14-/m1/s1. The molecule has 1 atom stereocenters. The molecule has 0 spiro atoms. The van der Waals surface area contributed by atoms with Gasteiger partial charge in [-0.3, -0.25) is 0 Å². The molecule has 24 heavy (non-hydrogen) atoms. The smallest absolute Gasteiger partial charge is 0.170 e. The average Bonchev–Trinajstić information content (AvgIpc) is 2.87. The fourth-order valence-electron chi connectivity index (χ4n) is 3.16. The molecule has 2 aromatic rings. The zero-order valence-electron chi connectivity index (χ0n) is 13.8. The Labute approximate surface area is 157 Å². The van der Waals surface area contributed by atoms with E-state index in [4.69, 9.17) is 12.2 Å². The summed E-state index contributed by atoms with van der Waals surface area (Å²) in [6.07, 6.45) is 2.20. The highest BCUT2D eigenvalue weighted by Crippen LogP contribution is 2.31. The van der Waals surface area contributed by atoms with Gasteiger partial charge < -0.3 is 15.5 Å². The molecule has 0 aliphatic carbocycles. The van der Waals surface area contributed by atoms with Crippen molar-refractivity contribution < 1.29 is 0 Å². The maximum absolute atomic E-state index is 5.36. The number of halogens is 1. The summed E-state index contributed by atoms with van der Waals surface area (Å²) in [5.41, 5.74) is 3.84. The van der Waals surface area contributed by atoms with Crippen molar-refractivity contribution in [3.05, 3.63) is 58.6 Å². The molecule has 5 heteroatoms. The first kappa shape index (κ1) is 17.2. The summed E-state index contributed by atoms with van der Waals surface area (Å²) in [6, 6.07) is 17.3. The molecular formula is C19H22BrN3S. The first-order chi connectivity index (χ1) is 11.6. The molecule has 0 saturated carbocycles. The maximum atomic E-state index is 5.36. The summed E-state index contributed by atoms with van der Waals surface area (Å²) in [5.74, 6) is 0. The second-order valence-corrected chi connectivity index (χ2v) is 7.44. The minimum Gasteiger partial charge on any atom is -0.368 e. The Kier molecular flexibility index (Phi) is 5.74. The van der Waals surface area contributed by atoms with Gasteiger partial charge in [-0.05, 0) is 61.8 Å². The van der Waals surface area contributed by atoms with Crippen molar-refractivity contribution in [2.75, 3.05) is 23.3 Å². The molecule has 0 saturated heterocycles. The zero-order chi connectivity index (χ0) is 16.9. The predicted octanol–water partition coefficient (Wildman–Crippen LogP) is 4.58. The van der Waals surface area contributed by atoms with E-state index in [1.165, 1.54) is 11.3 Å². The van der Waals surface area contributed by atoms with E-state index in [0.29, 0.717) is 11.2 Å². The topological polar surface area (TPSA) is 27.3 Å². The molecule has 0 unspecified atom stereocenters. The van der Waals surface area contributed by atoms with Crippen LogP contribution in [-0.2, 0) is 6.42 Å². The SMILES string of the molecule is C[C@@H]1Cc2ccccc2N1CCCNC(=S)Nc1cccc(Br)c1. The fraction of sp³-hybridized carbons (Fsp3) is 0.316. The van der Waals surface area contributed by atoms with Crippen LogP contribution in [0.2, 0.25) is 0 Å². The second-order valence-electron chi connectivity index (χ2n) is 6.12. The second kappa shape index (κ2) is 7.99. The van der Waals surface area contributed by atoms with Crippen LogP contribution in [0.1, 0.15) is 18.9 Å². The highest BCUT2D eigenvalue weighted by Gasteiger charge is 2.24. The van der Waals surface area contributed by atoms with Crippen molar-refractivity contribution in [2.24, 2.45) is 0 Å². The van der Waals surface area contributed by atoms with E-state index in [9.17, 15) is 0 Å². The number of nitrogens with zero attached hydrogens (tertiary/aromatic N) is 1. The van der Waals surface area contributed by atoms with Crippen LogP contribution in [0, 0.1) is 0 Å². The number of para-hydroxylation sites is 1. The lowest BCUT2D eigenvalue weighted by molar-refractivity contribution is 0.641. The minimum absolute atomic E-state index is 0.578. The van der Waals surface area contributed by atoms with Gasteiger partial charge in [0.2, 0.25) is 0 Å². The van der Waals surface area contributed by atoms with Gasteiger partial charge >= 0.3 is 0 Å². The van der Waals surface area contributed by atoms with Crippen molar-refractivity contribution in [1.82, 2.24) is 5.32 Å². The molecule has 2 aromatic carbocycles. The molecule has 1 aliphatic heterocycles. The van der Waals surface area contributed by atoms with E-state index in [-0.39, 0.29) is 0 Å². The van der Waals surface area contributed by atoms with Crippen molar-refractivity contribution in [3.8, 4) is 0 Å². The summed E-state index contributed by atoms with van der Waals surface area (Å²) < 4.78 is 1.04. The number of nitrogens with one attached hydrogen (secondary N) is 2. The molecule has 126 valence electrons. The molecule has 3 nitrogen and oxygen atoms in total. The number of thiocarbonyl (C=S) groups is 1. The summed E-state index contributed by atoms with van der Waals surface area (Å²) in [6.45, 7) is 4.21. The highest BCUT2D eigenvalue weighted by molar-refractivity contribution is 9.10. The van der Waals surface area contributed by atoms with Gasteiger partial charge in [0, 0.05) is 35.0 Å². The third kappa shape index (κ3) is 4.28. The van der Waals surface area contributed by atoms with Crippen LogP contribution >= 0.6 is 28.1 Å².